The first-order valence-corrected chi connectivity index (χ1v) is 20.0. The summed E-state index contributed by atoms with van der Waals surface area (Å²) in [5, 5.41) is 0. The highest BCUT2D eigenvalue weighted by molar-refractivity contribution is 5.70. The minimum absolute atomic E-state index is 0. The standard InChI is InChI=1S/C42H80NO4.ClH/c1-6-8-10-12-14-16-18-20-22-24-26-28-30-32-34-36-41(44)46-39-40(38-43(3,4)5)47-42(45)37-35-33-31-29-27-25-23-21-19-17-15-13-11-9-7-2;/h20-23,40H,6-19,24-39H2,1-5H3;1H/q+1;/p-1/b22-20-,23-21-;/i3+1D3;. The molecule has 5 nitrogen and oxygen atoms in total. The van der Waals surface area contributed by atoms with Crippen LogP contribution in [0, 0.1) is 0 Å². The summed E-state index contributed by atoms with van der Waals surface area (Å²) in [6.07, 6.45) is 40.1. The van der Waals surface area contributed by atoms with Crippen molar-refractivity contribution in [2.24, 2.45) is 0 Å². The summed E-state index contributed by atoms with van der Waals surface area (Å²) >= 11 is 0. The molecule has 6 heteroatoms. The Morgan fingerprint density at radius 2 is 0.917 bits per heavy atom. The Balaban J connectivity index is 0. The number of nitrogens with zero attached hydrogens (tertiary/aromatic N) is 1. The second-order valence-corrected chi connectivity index (χ2v) is 14.3. The van der Waals surface area contributed by atoms with Crippen LogP contribution in [0.15, 0.2) is 24.3 Å². The van der Waals surface area contributed by atoms with Crippen LogP contribution in [0.25, 0.3) is 0 Å². The lowest BCUT2D eigenvalue weighted by molar-refractivity contribution is -0.873. The van der Waals surface area contributed by atoms with E-state index < -0.39 is 13.1 Å². The van der Waals surface area contributed by atoms with Crippen molar-refractivity contribution in [1.82, 2.24) is 0 Å². The number of carbonyl (C=O) groups excluding carboxylic acids is 2. The van der Waals surface area contributed by atoms with Crippen LogP contribution < -0.4 is 12.4 Å². The van der Waals surface area contributed by atoms with Gasteiger partial charge in [-0.15, -0.1) is 0 Å². The van der Waals surface area contributed by atoms with E-state index in [0.717, 1.165) is 64.2 Å². The van der Waals surface area contributed by atoms with Crippen LogP contribution in [0.2, 0.25) is 0 Å². The van der Waals surface area contributed by atoms with Crippen LogP contribution in [0.5, 0.6) is 0 Å². The number of allylic oxidation sites excluding steroid dienone is 4. The van der Waals surface area contributed by atoms with E-state index in [1.807, 2.05) is 0 Å². The number of halogens is 1. The number of quaternary nitrogens is 1. The molecule has 0 radical (unpaired) electrons. The Bertz CT molecular complexity index is 864. The summed E-state index contributed by atoms with van der Waals surface area (Å²) in [5.74, 6) is -0.674. The second kappa shape index (κ2) is 36.9. The van der Waals surface area contributed by atoms with E-state index in [9.17, 15) is 9.59 Å². The number of likely N-dealkylation sites (N-methyl/N-ethyl adjacent to an activating group) is 1. The lowest BCUT2D eigenvalue weighted by Crippen LogP contribution is -3.00. The molecule has 0 rings (SSSR count). The predicted molar refractivity (Wildman–Crippen MR) is 203 cm³/mol. The highest BCUT2D eigenvalue weighted by atomic mass is 35.5. The van der Waals surface area contributed by atoms with Gasteiger partial charge in [0.25, 0.3) is 0 Å². The van der Waals surface area contributed by atoms with Crippen molar-refractivity contribution in [3.8, 4) is 0 Å². The minimum atomic E-state index is -2.28. The first kappa shape index (κ1) is 42.8. The first-order chi connectivity index (χ1) is 24.0. The largest absolute Gasteiger partial charge is 1.00 e. The van der Waals surface area contributed by atoms with Gasteiger partial charge in [0.15, 0.2) is 6.10 Å². The number of ether oxygens (including phenoxy) is 2. The molecule has 0 aromatic rings. The van der Waals surface area contributed by atoms with Crippen molar-refractivity contribution in [3.63, 3.8) is 0 Å². The van der Waals surface area contributed by atoms with Gasteiger partial charge >= 0.3 is 11.9 Å². The summed E-state index contributed by atoms with van der Waals surface area (Å²) in [6.45, 7) is 2.17. The zero-order chi connectivity index (χ0) is 37.2. The van der Waals surface area contributed by atoms with Gasteiger partial charge in [-0.05, 0) is 64.2 Å². The molecule has 1 atom stereocenters. The maximum absolute atomic E-state index is 12.7. The summed E-state index contributed by atoms with van der Waals surface area (Å²) in [7, 11) is 3.18. The summed E-state index contributed by atoms with van der Waals surface area (Å²) in [6, 6.07) is 0. The van der Waals surface area contributed by atoms with Crippen LogP contribution in [0.3, 0.4) is 0 Å². The van der Waals surface area contributed by atoms with E-state index in [2.05, 4.69) is 38.2 Å². The topological polar surface area (TPSA) is 52.6 Å². The third-order valence-corrected chi connectivity index (χ3v) is 8.67. The highest BCUT2D eigenvalue weighted by Gasteiger charge is 2.23. The molecular formula is C42H80ClNO4. The molecule has 284 valence electrons. The fourth-order valence-electron chi connectivity index (χ4n) is 5.82. The number of hydrogen-bond acceptors (Lipinski definition) is 4. The average Bonchev–Trinajstić information content (AvgIpc) is 3.06. The van der Waals surface area contributed by atoms with Gasteiger partial charge < -0.3 is 26.4 Å². The lowest BCUT2D eigenvalue weighted by Gasteiger charge is -2.28. The molecule has 0 aromatic heterocycles. The van der Waals surface area contributed by atoms with Crippen molar-refractivity contribution in [2.75, 3.05) is 34.2 Å². The van der Waals surface area contributed by atoms with Gasteiger partial charge in [0, 0.05) is 12.8 Å². The van der Waals surface area contributed by atoms with E-state index in [0.29, 0.717) is 12.8 Å². The van der Waals surface area contributed by atoms with Crippen molar-refractivity contribution < 1.29 is 40.1 Å². The fraction of sp³-hybridized carbons (Fsp3) is 0.857. The SMILES string of the molecule is [2H][13C]([2H])([2H])[N+](C)(C)CC(COC(=O)CCCCCCC/C=C\CCCCCCCC)OC(=O)CCCCCCC/C=C\CCCCCCCC.[Cl-]. The Morgan fingerprint density at radius 3 is 1.31 bits per heavy atom. The lowest BCUT2D eigenvalue weighted by atomic mass is 10.1. The molecule has 0 saturated heterocycles. The first-order valence-electron chi connectivity index (χ1n) is 21.5. The maximum Gasteiger partial charge on any atom is 0.306 e. The van der Waals surface area contributed by atoms with Crippen LogP contribution in [-0.4, -0.2) is 56.7 Å². The third-order valence-electron chi connectivity index (χ3n) is 8.67. The predicted octanol–water partition coefficient (Wildman–Crippen LogP) is 9.23. The normalized spacial score (nSPS) is 13.6. The monoisotopic (exact) mass is 702 g/mol. The molecule has 48 heavy (non-hydrogen) atoms. The molecule has 0 fully saturated rings. The molecule has 1 unspecified atom stereocenters. The Morgan fingerprint density at radius 1 is 0.562 bits per heavy atom. The van der Waals surface area contributed by atoms with Crippen LogP contribution in [-0.2, 0) is 19.1 Å². The van der Waals surface area contributed by atoms with Gasteiger partial charge in [0.1, 0.15) is 13.2 Å². The van der Waals surface area contributed by atoms with E-state index in [4.69, 9.17) is 13.6 Å². The van der Waals surface area contributed by atoms with Gasteiger partial charge in [-0.25, -0.2) is 0 Å². The van der Waals surface area contributed by atoms with Crippen molar-refractivity contribution in [2.45, 2.75) is 200 Å². The van der Waals surface area contributed by atoms with Crippen molar-refractivity contribution >= 4 is 11.9 Å². The van der Waals surface area contributed by atoms with Gasteiger partial charge in [0.2, 0.25) is 0 Å². The smallest absolute Gasteiger partial charge is 0.306 e. The van der Waals surface area contributed by atoms with E-state index >= 15 is 0 Å². The van der Waals surface area contributed by atoms with Gasteiger partial charge in [0.05, 0.1) is 25.2 Å². The maximum atomic E-state index is 12.7. The summed E-state index contributed by atoms with van der Waals surface area (Å²) in [5.41, 5.74) is 0. The third kappa shape index (κ3) is 39.1. The number of carbonyl (C=O) groups is 2. The Hall–Kier alpha value is -1.33. The Kier molecular flexibility index (Phi) is 33.0. The highest BCUT2D eigenvalue weighted by Crippen LogP contribution is 2.13. The van der Waals surface area contributed by atoms with Crippen molar-refractivity contribution in [3.05, 3.63) is 24.3 Å². The molecular weight excluding hydrogens is 619 g/mol. The molecule has 0 bridgehead atoms. The molecule has 0 spiro atoms. The van der Waals surface area contributed by atoms with Gasteiger partial charge in [-0.2, -0.15) is 0 Å². The quantitative estimate of drug-likeness (QED) is 0.0217. The zero-order valence-corrected chi connectivity index (χ0v) is 32.8. The summed E-state index contributed by atoms with van der Waals surface area (Å²) in [4.78, 5) is 25.1. The number of esters is 2. The van der Waals surface area contributed by atoms with Crippen LogP contribution in [0.1, 0.15) is 198 Å². The van der Waals surface area contributed by atoms with Crippen LogP contribution >= 0.6 is 0 Å². The zero-order valence-electron chi connectivity index (χ0n) is 35.1. The number of unbranched alkanes of at least 4 members (excludes halogenated alkanes) is 22. The van der Waals surface area contributed by atoms with Gasteiger partial charge in [-0.3, -0.25) is 9.59 Å². The molecule has 0 amide bonds. The van der Waals surface area contributed by atoms with E-state index in [1.165, 1.54) is 103 Å². The molecule has 0 aromatic carbocycles. The number of hydrogen-bond donors (Lipinski definition) is 0. The summed E-state index contributed by atoms with van der Waals surface area (Å²) < 4.78 is 34.5. The molecule has 0 heterocycles. The van der Waals surface area contributed by atoms with Crippen LogP contribution in [0.4, 0.5) is 0 Å². The van der Waals surface area contributed by atoms with E-state index in [1.54, 1.807) is 14.1 Å². The number of rotatable bonds is 35. The molecule has 0 aliphatic carbocycles. The van der Waals surface area contributed by atoms with Crippen molar-refractivity contribution in [1.29, 1.82) is 0 Å². The van der Waals surface area contributed by atoms with E-state index in [-0.39, 0.29) is 42.0 Å². The average molecular weight is 703 g/mol. The molecule has 0 saturated carbocycles. The Labute approximate surface area is 309 Å². The minimum Gasteiger partial charge on any atom is -1.00 e. The fourth-order valence-corrected chi connectivity index (χ4v) is 5.82. The molecule has 0 aliphatic rings. The van der Waals surface area contributed by atoms with Gasteiger partial charge in [-0.1, -0.05) is 141 Å². The molecule has 0 aliphatic heterocycles. The molecule has 0 N–H and O–H groups in total. The second-order valence-electron chi connectivity index (χ2n) is 14.3.